The Balaban J connectivity index is 0.00000261. The second-order valence-corrected chi connectivity index (χ2v) is 7.07. The van der Waals surface area contributed by atoms with Gasteiger partial charge in [0.05, 0.1) is 13.2 Å². The maximum Gasteiger partial charge on any atom is 0.191 e. The van der Waals surface area contributed by atoms with Gasteiger partial charge < -0.3 is 20.1 Å². The van der Waals surface area contributed by atoms with E-state index in [-0.39, 0.29) is 30.1 Å². The Bertz CT molecular complexity index is 655. The third-order valence-electron chi connectivity index (χ3n) is 4.95. The van der Waals surface area contributed by atoms with Crippen molar-refractivity contribution in [3.63, 3.8) is 0 Å². The molecule has 0 aromatic heterocycles. The zero-order chi connectivity index (χ0) is 18.2. The molecule has 6 heteroatoms. The number of guanidine groups is 1. The summed E-state index contributed by atoms with van der Waals surface area (Å²) in [5.41, 5.74) is 3.92. The van der Waals surface area contributed by atoms with E-state index in [1.165, 1.54) is 24.8 Å². The Morgan fingerprint density at radius 1 is 1.33 bits per heavy atom. The van der Waals surface area contributed by atoms with Crippen LogP contribution in [0.25, 0.3) is 0 Å². The lowest BCUT2D eigenvalue weighted by Crippen LogP contribution is -2.37. The van der Waals surface area contributed by atoms with E-state index in [1.54, 1.807) is 5.57 Å². The predicted octanol–water partition coefficient (Wildman–Crippen LogP) is 3.95. The largest absolute Gasteiger partial charge is 0.488 e. The standard InChI is InChI=1S/C21H31N3O2.HI/c1-16-7-8-18(20(13-16)26-19-10-12-25-15-19)14-24-21(22-2)23-11-9-17-5-3-4-6-17;/h5,7-8,13,19H,3-4,6,9-12,14-15H2,1-2H3,(H2,22,23,24);1H. The van der Waals surface area contributed by atoms with E-state index in [4.69, 9.17) is 9.47 Å². The Hall–Kier alpha value is -1.28. The fourth-order valence-electron chi connectivity index (χ4n) is 3.41. The van der Waals surface area contributed by atoms with E-state index in [0.717, 1.165) is 43.3 Å². The van der Waals surface area contributed by atoms with Crippen molar-refractivity contribution in [3.8, 4) is 5.75 Å². The SMILES string of the molecule is CN=C(NCCC1=CCCC1)NCc1ccc(C)cc1OC1CCOC1.I. The van der Waals surface area contributed by atoms with Gasteiger partial charge in [0.25, 0.3) is 0 Å². The van der Waals surface area contributed by atoms with Crippen molar-refractivity contribution in [2.24, 2.45) is 4.99 Å². The van der Waals surface area contributed by atoms with Gasteiger partial charge in [0, 0.05) is 32.1 Å². The van der Waals surface area contributed by atoms with Crippen molar-refractivity contribution >= 4 is 29.9 Å². The summed E-state index contributed by atoms with van der Waals surface area (Å²) in [7, 11) is 1.81. The molecule has 27 heavy (non-hydrogen) atoms. The third kappa shape index (κ3) is 6.99. The van der Waals surface area contributed by atoms with Gasteiger partial charge in [0.15, 0.2) is 5.96 Å². The van der Waals surface area contributed by atoms with Crippen molar-refractivity contribution in [1.29, 1.82) is 0 Å². The number of aryl methyl sites for hydroxylation is 1. The minimum Gasteiger partial charge on any atom is -0.488 e. The highest BCUT2D eigenvalue weighted by atomic mass is 127. The molecule has 1 aliphatic heterocycles. The number of hydrogen-bond donors (Lipinski definition) is 2. The molecule has 1 atom stereocenters. The number of halogens is 1. The number of rotatable bonds is 7. The van der Waals surface area contributed by atoms with E-state index in [1.807, 2.05) is 7.05 Å². The summed E-state index contributed by atoms with van der Waals surface area (Å²) in [4.78, 5) is 4.33. The second-order valence-electron chi connectivity index (χ2n) is 7.07. The normalized spacial score (nSPS) is 19.4. The number of benzene rings is 1. The maximum absolute atomic E-state index is 6.17. The first-order valence-corrected chi connectivity index (χ1v) is 9.71. The van der Waals surface area contributed by atoms with E-state index in [0.29, 0.717) is 13.2 Å². The highest BCUT2D eigenvalue weighted by Crippen LogP contribution is 2.24. The molecule has 2 N–H and O–H groups in total. The first-order chi connectivity index (χ1) is 12.7. The van der Waals surface area contributed by atoms with Gasteiger partial charge in [-0.15, -0.1) is 24.0 Å². The van der Waals surface area contributed by atoms with Crippen LogP contribution in [0.5, 0.6) is 5.75 Å². The number of ether oxygens (including phenoxy) is 2. The third-order valence-corrected chi connectivity index (χ3v) is 4.95. The molecule has 2 aliphatic rings. The van der Waals surface area contributed by atoms with Crippen LogP contribution in [0.4, 0.5) is 0 Å². The Labute approximate surface area is 180 Å². The van der Waals surface area contributed by atoms with Gasteiger partial charge in [-0.2, -0.15) is 0 Å². The number of hydrogen-bond acceptors (Lipinski definition) is 3. The highest BCUT2D eigenvalue weighted by molar-refractivity contribution is 14.0. The lowest BCUT2D eigenvalue weighted by atomic mass is 10.1. The number of nitrogens with one attached hydrogen (secondary N) is 2. The number of aliphatic imine (C=N–C) groups is 1. The van der Waals surface area contributed by atoms with Crippen LogP contribution in [-0.4, -0.2) is 38.9 Å². The topological polar surface area (TPSA) is 54.9 Å². The summed E-state index contributed by atoms with van der Waals surface area (Å²) in [6.07, 6.45) is 8.40. The first kappa shape index (κ1) is 22.0. The predicted molar refractivity (Wildman–Crippen MR) is 121 cm³/mol. The van der Waals surface area contributed by atoms with E-state index in [9.17, 15) is 0 Å². The molecule has 1 aromatic carbocycles. The fraction of sp³-hybridized carbons (Fsp3) is 0.571. The van der Waals surface area contributed by atoms with E-state index >= 15 is 0 Å². The molecule has 150 valence electrons. The fourth-order valence-corrected chi connectivity index (χ4v) is 3.41. The van der Waals surface area contributed by atoms with Crippen LogP contribution in [0, 0.1) is 6.92 Å². The van der Waals surface area contributed by atoms with Crippen molar-refractivity contribution in [2.45, 2.75) is 51.7 Å². The van der Waals surface area contributed by atoms with Crippen LogP contribution in [0.15, 0.2) is 34.8 Å². The average Bonchev–Trinajstić information content (AvgIpc) is 3.33. The maximum atomic E-state index is 6.17. The van der Waals surface area contributed by atoms with Gasteiger partial charge >= 0.3 is 0 Å². The smallest absolute Gasteiger partial charge is 0.191 e. The molecule has 1 fully saturated rings. The summed E-state index contributed by atoms with van der Waals surface area (Å²) >= 11 is 0. The van der Waals surface area contributed by atoms with Gasteiger partial charge in [0.1, 0.15) is 11.9 Å². The van der Waals surface area contributed by atoms with Crippen LogP contribution >= 0.6 is 24.0 Å². The molecule has 0 bridgehead atoms. The summed E-state index contributed by atoms with van der Waals surface area (Å²) in [6.45, 7) is 5.16. The molecular formula is C21H32IN3O2. The van der Waals surface area contributed by atoms with Crippen LogP contribution in [-0.2, 0) is 11.3 Å². The zero-order valence-electron chi connectivity index (χ0n) is 16.4. The lowest BCUT2D eigenvalue weighted by molar-refractivity contribution is 0.140. The molecule has 0 saturated carbocycles. The lowest BCUT2D eigenvalue weighted by Gasteiger charge is -2.18. The summed E-state index contributed by atoms with van der Waals surface area (Å²) in [5.74, 6) is 1.78. The summed E-state index contributed by atoms with van der Waals surface area (Å²) < 4.78 is 11.6. The first-order valence-electron chi connectivity index (χ1n) is 9.71. The molecule has 1 aliphatic carbocycles. The molecule has 5 nitrogen and oxygen atoms in total. The second kappa shape index (κ2) is 11.5. The Morgan fingerprint density at radius 2 is 2.22 bits per heavy atom. The quantitative estimate of drug-likeness (QED) is 0.266. The van der Waals surface area contributed by atoms with Crippen molar-refractivity contribution in [1.82, 2.24) is 10.6 Å². The summed E-state index contributed by atoms with van der Waals surface area (Å²) in [5, 5.41) is 6.81. The minimum atomic E-state index is 0. The van der Waals surface area contributed by atoms with Gasteiger partial charge in [-0.25, -0.2) is 0 Å². The number of allylic oxidation sites excluding steroid dienone is 1. The van der Waals surface area contributed by atoms with Crippen molar-refractivity contribution in [2.75, 3.05) is 26.8 Å². The monoisotopic (exact) mass is 485 g/mol. The molecule has 1 aromatic rings. The molecular weight excluding hydrogens is 453 g/mol. The summed E-state index contributed by atoms with van der Waals surface area (Å²) in [6, 6.07) is 6.36. The Morgan fingerprint density at radius 3 is 2.93 bits per heavy atom. The highest BCUT2D eigenvalue weighted by Gasteiger charge is 2.18. The number of nitrogens with zero attached hydrogens (tertiary/aromatic N) is 1. The molecule has 3 rings (SSSR count). The van der Waals surface area contributed by atoms with Crippen LogP contribution in [0.3, 0.4) is 0 Å². The average molecular weight is 485 g/mol. The molecule has 1 heterocycles. The van der Waals surface area contributed by atoms with Gasteiger partial charge in [-0.3, -0.25) is 4.99 Å². The van der Waals surface area contributed by atoms with Gasteiger partial charge in [0.2, 0.25) is 0 Å². The zero-order valence-corrected chi connectivity index (χ0v) is 18.8. The van der Waals surface area contributed by atoms with Gasteiger partial charge in [-0.05, 0) is 44.2 Å². The van der Waals surface area contributed by atoms with Crippen molar-refractivity contribution in [3.05, 3.63) is 41.0 Å². The minimum absolute atomic E-state index is 0. The van der Waals surface area contributed by atoms with Crippen LogP contribution in [0.2, 0.25) is 0 Å². The van der Waals surface area contributed by atoms with E-state index < -0.39 is 0 Å². The van der Waals surface area contributed by atoms with Crippen LogP contribution < -0.4 is 15.4 Å². The van der Waals surface area contributed by atoms with Crippen LogP contribution in [0.1, 0.15) is 43.2 Å². The van der Waals surface area contributed by atoms with E-state index in [2.05, 4.69) is 46.8 Å². The molecule has 0 radical (unpaired) electrons. The Kier molecular flexibility index (Phi) is 9.41. The van der Waals surface area contributed by atoms with Gasteiger partial charge in [-0.1, -0.05) is 23.8 Å². The molecule has 1 saturated heterocycles. The molecule has 0 spiro atoms. The molecule has 1 unspecified atom stereocenters. The van der Waals surface area contributed by atoms with Crippen molar-refractivity contribution < 1.29 is 9.47 Å². The molecule has 0 amide bonds.